The lowest BCUT2D eigenvalue weighted by Crippen LogP contribution is -2.00. The minimum atomic E-state index is 0.0199. The number of aromatic hydroxyl groups is 1. The third-order valence-corrected chi connectivity index (χ3v) is 4.99. The van der Waals surface area contributed by atoms with E-state index >= 15 is 0 Å². The Morgan fingerprint density at radius 3 is 2.31 bits per heavy atom. The topological polar surface area (TPSA) is 99.7 Å². The van der Waals surface area contributed by atoms with Gasteiger partial charge in [0.05, 0.1) is 19.9 Å². The molecular formula is C25H23N3O4. The molecule has 0 aliphatic heterocycles. The Balaban J connectivity index is 1.64. The van der Waals surface area contributed by atoms with Crippen LogP contribution in [0.15, 0.2) is 72.9 Å². The molecule has 0 aliphatic carbocycles. The Labute approximate surface area is 186 Å². The summed E-state index contributed by atoms with van der Waals surface area (Å²) < 4.78 is 16.5. The number of methoxy groups -OCH3 is 2. The van der Waals surface area contributed by atoms with E-state index in [0.717, 1.165) is 16.9 Å². The molecule has 0 spiro atoms. The molecule has 162 valence electrons. The van der Waals surface area contributed by atoms with E-state index in [1.54, 1.807) is 38.6 Å². The van der Waals surface area contributed by atoms with Crippen LogP contribution in [-0.2, 0) is 6.61 Å². The van der Waals surface area contributed by atoms with Crippen molar-refractivity contribution in [3.8, 4) is 45.4 Å². The van der Waals surface area contributed by atoms with Gasteiger partial charge in [-0.05, 0) is 35.9 Å². The van der Waals surface area contributed by atoms with E-state index in [9.17, 15) is 5.11 Å². The lowest BCUT2D eigenvalue weighted by atomic mass is 9.99. The van der Waals surface area contributed by atoms with Crippen LogP contribution in [0, 0.1) is 0 Å². The third kappa shape index (κ3) is 4.41. The van der Waals surface area contributed by atoms with Crippen molar-refractivity contribution in [2.24, 2.45) is 0 Å². The smallest absolute Gasteiger partial charge is 0.220 e. The van der Waals surface area contributed by atoms with E-state index in [1.807, 2.05) is 48.5 Å². The fourth-order valence-corrected chi connectivity index (χ4v) is 3.35. The van der Waals surface area contributed by atoms with Crippen LogP contribution < -0.4 is 19.9 Å². The maximum atomic E-state index is 10.8. The standard InChI is InChI=1S/C25H23N3O4/c1-30-17-9-7-16(8-10-17)15-32-18-11-12-20(22(29)13-18)24-21(14-27-25(26)28-24)19-5-3-4-6-23(19)31-2/h3-14,29H,15H2,1-2H3,(H2,26,27,28). The van der Waals surface area contributed by atoms with Crippen molar-refractivity contribution in [2.45, 2.75) is 6.61 Å². The van der Waals surface area contributed by atoms with E-state index in [2.05, 4.69) is 9.97 Å². The highest BCUT2D eigenvalue weighted by atomic mass is 16.5. The summed E-state index contributed by atoms with van der Waals surface area (Å²) in [5.41, 5.74) is 9.34. The van der Waals surface area contributed by atoms with Crippen molar-refractivity contribution in [2.75, 3.05) is 20.0 Å². The van der Waals surface area contributed by atoms with Crippen LogP contribution >= 0.6 is 0 Å². The number of aromatic nitrogens is 2. The number of phenols is 1. The zero-order valence-corrected chi connectivity index (χ0v) is 17.8. The monoisotopic (exact) mass is 429 g/mol. The van der Waals surface area contributed by atoms with Crippen molar-refractivity contribution in [3.05, 3.63) is 78.5 Å². The predicted molar refractivity (Wildman–Crippen MR) is 123 cm³/mol. The van der Waals surface area contributed by atoms with Crippen LogP contribution in [0.25, 0.3) is 22.4 Å². The average Bonchev–Trinajstić information content (AvgIpc) is 2.83. The van der Waals surface area contributed by atoms with Gasteiger partial charge in [0.15, 0.2) is 0 Å². The second-order valence-electron chi connectivity index (χ2n) is 7.01. The SMILES string of the molecule is COc1ccc(COc2ccc(-c3nc(N)ncc3-c3ccccc3OC)c(O)c2)cc1. The maximum absolute atomic E-state index is 10.8. The van der Waals surface area contributed by atoms with Crippen LogP contribution in [0.5, 0.6) is 23.0 Å². The second kappa shape index (κ2) is 9.26. The molecule has 0 fully saturated rings. The first-order valence-electron chi connectivity index (χ1n) is 9.94. The number of rotatable bonds is 7. The van der Waals surface area contributed by atoms with Gasteiger partial charge >= 0.3 is 0 Å². The summed E-state index contributed by atoms with van der Waals surface area (Å²) in [5, 5.41) is 10.8. The fourth-order valence-electron chi connectivity index (χ4n) is 3.35. The third-order valence-electron chi connectivity index (χ3n) is 4.99. The number of para-hydroxylation sites is 1. The molecule has 4 aromatic rings. The zero-order chi connectivity index (χ0) is 22.5. The molecule has 0 amide bonds. The van der Waals surface area contributed by atoms with Gasteiger partial charge in [-0.1, -0.05) is 30.3 Å². The summed E-state index contributed by atoms with van der Waals surface area (Å²) in [7, 11) is 3.23. The molecule has 7 nitrogen and oxygen atoms in total. The highest BCUT2D eigenvalue weighted by molar-refractivity contribution is 5.86. The maximum Gasteiger partial charge on any atom is 0.220 e. The summed E-state index contributed by atoms with van der Waals surface area (Å²) in [4.78, 5) is 8.53. The van der Waals surface area contributed by atoms with E-state index in [1.165, 1.54) is 0 Å². The molecule has 0 atom stereocenters. The normalized spacial score (nSPS) is 10.6. The quantitative estimate of drug-likeness (QED) is 0.439. The molecule has 1 aromatic heterocycles. The Morgan fingerprint density at radius 1 is 0.844 bits per heavy atom. The Kier molecular flexibility index (Phi) is 6.07. The van der Waals surface area contributed by atoms with Gasteiger partial charge in [0.25, 0.3) is 0 Å². The molecule has 0 aliphatic rings. The molecule has 3 aromatic carbocycles. The molecular weight excluding hydrogens is 406 g/mol. The van der Waals surface area contributed by atoms with Gasteiger partial charge in [-0.15, -0.1) is 0 Å². The van der Waals surface area contributed by atoms with Crippen molar-refractivity contribution >= 4 is 5.95 Å². The molecule has 0 bridgehead atoms. The molecule has 1 heterocycles. The summed E-state index contributed by atoms with van der Waals surface area (Å²) in [5.74, 6) is 2.11. The molecule has 7 heteroatoms. The average molecular weight is 429 g/mol. The number of nitrogen functional groups attached to an aromatic ring is 1. The number of hydrogen-bond donors (Lipinski definition) is 2. The first kappa shape index (κ1) is 21.0. The van der Waals surface area contributed by atoms with Gasteiger partial charge < -0.3 is 25.1 Å². The molecule has 4 rings (SSSR count). The van der Waals surface area contributed by atoms with Gasteiger partial charge in [-0.3, -0.25) is 0 Å². The van der Waals surface area contributed by atoms with Crippen molar-refractivity contribution in [3.63, 3.8) is 0 Å². The first-order valence-corrected chi connectivity index (χ1v) is 9.94. The summed E-state index contributed by atoms with van der Waals surface area (Å²) in [6.07, 6.45) is 1.63. The number of nitrogens with two attached hydrogens (primary N) is 1. The summed E-state index contributed by atoms with van der Waals surface area (Å²) >= 11 is 0. The van der Waals surface area contributed by atoms with Crippen molar-refractivity contribution in [1.82, 2.24) is 9.97 Å². The minimum absolute atomic E-state index is 0.0199. The van der Waals surface area contributed by atoms with E-state index < -0.39 is 0 Å². The lowest BCUT2D eigenvalue weighted by Gasteiger charge is -2.14. The van der Waals surface area contributed by atoms with Gasteiger partial charge in [0.2, 0.25) is 5.95 Å². The van der Waals surface area contributed by atoms with Gasteiger partial charge in [0.1, 0.15) is 29.6 Å². The highest BCUT2D eigenvalue weighted by Gasteiger charge is 2.17. The number of phenolic OH excluding ortho intramolecular Hbond substituents is 1. The molecule has 0 saturated heterocycles. The van der Waals surface area contributed by atoms with E-state index in [4.69, 9.17) is 19.9 Å². The number of hydrogen-bond acceptors (Lipinski definition) is 7. The van der Waals surface area contributed by atoms with Crippen molar-refractivity contribution in [1.29, 1.82) is 0 Å². The highest BCUT2D eigenvalue weighted by Crippen LogP contribution is 2.40. The van der Waals surface area contributed by atoms with Crippen LogP contribution in [0.2, 0.25) is 0 Å². The van der Waals surface area contributed by atoms with Gasteiger partial charge in [-0.25, -0.2) is 9.97 Å². The van der Waals surface area contributed by atoms with Crippen LogP contribution in [0.3, 0.4) is 0 Å². The lowest BCUT2D eigenvalue weighted by molar-refractivity contribution is 0.304. The number of nitrogens with zero attached hydrogens (tertiary/aromatic N) is 2. The molecule has 0 unspecified atom stereocenters. The van der Waals surface area contributed by atoms with E-state index in [0.29, 0.717) is 34.9 Å². The number of benzene rings is 3. The van der Waals surface area contributed by atoms with Gasteiger partial charge in [0, 0.05) is 29.0 Å². The Morgan fingerprint density at radius 2 is 1.59 bits per heavy atom. The molecule has 32 heavy (non-hydrogen) atoms. The Bertz CT molecular complexity index is 1230. The van der Waals surface area contributed by atoms with Gasteiger partial charge in [-0.2, -0.15) is 0 Å². The molecule has 3 N–H and O–H groups in total. The molecule has 0 radical (unpaired) electrons. The predicted octanol–water partition coefficient (Wildman–Crippen LogP) is 4.69. The Hall–Kier alpha value is -4.26. The van der Waals surface area contributed by atoms with Crippen LogP contribution in [-0.4, -0.2) is 29.3 Å². The first-order chi connectivity index (χ1) is 15.6. The minimum Gasteiger partial charge on any atom is -0.507 e. The molecule has 0 saturated carbocycles. The summed E-state index contributed by atoms with van der Waals surface area (Å²) in [6, 6.07) is 20.2. The zero-order valence-electron chi connectivity index (χ0n) is 17.8. The summed E-state index contributed by atoms with van der Waals surface area (Å²) in [6.45, 7) is 0.357. The van der Waals surface area contributed by atoms with Crippen LogP contribution in [0.4, 0.5) is 5.95 Å². The fraction of sp³-hybridized carbons (Fsp3) is 0.120. The van der Waals surface area contributed by atoms with Crippen LogP contribution in [0.1, 0.15) is 5.56 Å². The largest absolute Gasteiger partial charge is 0.507 e. The van der Waals surface area contributed by atoms with Crippen molar-refractivity contribution < 1.29 is 19.3 Å². The van der Waals surface area contributed by atoms with E-state index in [-0.39, 0.29) is 11.7 Å². The second-order valence-corrected chi connectivity index (χ2v) is 7.01. The number of ether oxygens (including phenoxy) is 3. The number of anilines is 1.